The number of nitrogens with zero attached hydrogens (tertiary/aromatic N) is 2. The Morgan fingerprint density at radius 3 is 2.50 bits per heavy atom. The zero-order chi connectivity index (χ0) is 5.82. The van der Waals surface area contributed by atoms with Crippen LogP contribution in [0.3, 0.4) is 0 Å². The lowest BCUT2D eigenvalue weighted by Gasteiger charge is -2.10. The molecule has 3 nitrogen and oxygen atoms in total. The topological polar surface area (TPSA) is 27.6 Å². The first-order valence-electron chi connectivity index (χ1n) is 2.90. The van der Waals surface area contributed by atoms with Crippen molar-refractivity contribution in [1.29, 1.82) is 0 Å². The molecule has 0 atom stereocenters. The van der Waals surface area contributed by atoms with Crippen LogP contribution in [0.1, 0.15) is 12.8 Å². The zero-order valence-electron chi connectivity index (χ0n) is 4.93. The normalized spacial score (nSPS) is 21.0. The van der Waals surface area contributed by atoms with E-state index in [9.17, 15) is 0 Å². The molecule has 0 unspecified atom stereocenters. The Morgan fingerprint density at radius 1 is 1.38 bits per heavy atom. The summed E-state index contributed by atoms with van der Waals surface area (Å²) in [4.78, 5) is 0. The van der Waals surface area contributed by atoms with Crippen LogP contribution >= 0.6 is 0 Å². The second-order valence-corrected chi connectivity index (χ2v) is 1.95. The van der Waals surface area contributed by atoms with Crippen molar-refractivity contribution in [2.45, 2.75) is 12.8 Å². The second-order valence-electron chi connectivity index (χ2n) is 1.95. The molecule has 0 radical (unpaired) electrons. The molecule has 46 valence electrons. The number of hydrazone groups is 1. The Labute approximate surface area is 49.3 Å². The molecule has 3 heteroatoms. The number of rotatable bonds is 2. The van der Waals surface area contributed by atoms with Gasteiger partial charge in [-0.3, -0.25) is 0 Å². The molecule has 1 fully saturated rings. The number of hydrazine groups is 1. The van der Waals surface area contributed by atoms with E-state index >= 15 is 0 Å². The highest BCUT2D eigenvalue weighted by atomic mass is 15.6. The highest BCUT2D eigenvalue weighted by molar-refractivity contribution is 5.22. The minimum absolute atomic E-state index is 1.11. The van der Waals surface area contributed by atoms with Crippen LogP contribution in [0.4, 0.5) is 0 Å². The van der Waals surface area contributed by atoms with Gasteiger partial charge in [0, 0.05) is 19.8 Å². The van der Waals surface area contributed by atoms with E-state index in [1.807, 2.05) is 0 Å². The predicted octanol–water partition coefficient (Wildman–Crippen LogP) is 0.202. The fraction of sp³-hybridized carbons (Fsp3) is 0.800. The van der Waals surface area contributed by atoms with Gasteiger partial charge in [0.25, 0.3) is 0 Å². The lowest BCUT2D eigenvalue weighted by Crippen LogP contribution is -2.30. The van der Waals surface area contributed by atoms with Gasteiger partial charge >= 0.3 is 0 Å². The molecule has 0 aromatic rings. The molecule has 1 N–H and O–H groups in total. The van der Waals surface area contributed by atoms with Crippen LogP contribution in [0.2, 0.25) is 0 Å². The summed E-state index contributed by atoms with van der Waals surface area (Å²) in [7, 11) is 0. The molecule has 0 aliphatic carbocycles. The molecule has 0 spiro atoms. The van der Waals surface area contributed by atoms with Gasteiger partial charge in [-0.1, -0.05) is 0 Å². The van der Waals surface area contributed by atoms with Crippen molar-refractivity contribution >= 4 is 6.72 Å². The van der Waals surface area contributed by atoms with Crippen molar-refractivity contribution in [2.75, 3.05) is 13.1 Å². The van der Waals surface area contributed by atoms with E-state index in [4.69, 9.17) is 0 Å². The van der Waals surface area contributed by atoms with E-state index in [1.54, 1.807) is 0 Å². The Kier molecular flexibility index (Phi) is 1.86. The smallest absolute Gasteiger partial charge is 0.0194 e. The molecule has 1 heterocycles. The standard InChI is InChI=1S/C5H11N3/c1-6-7-8-4-2-3-5-8/h7H,1-5H2. The number of nitrogens with one attached hydrogen (secondary N) is 1. The van der Waals surface area contributed by atoms with Gasteiger partial charge in [0.15, 0.2) is 0 Å². The Morgan fingerprint density at radius 2 is 2.00 bits per heavy atom. The highest BCUT2D eigenvalue weighted by Crippen LogP contribution is 2.02. The Balaban J connectivity index is 2.14. The average molecular weight is 113 g/mol. The molecule has 0 amide bonds. The van der Waals surface area contributed by atoms with E-state index in [0.29, 0.717) is 0 Å². The van der Waals surface area contributed by atoms with Crippen molar-refractivity contribution in [3.63, 3.8) is 0 Å². The minimum atomic E-state index is 1.11. The van der Waals surface area contributed by atoms with Gasteiger partial charge in [-0.2, -0.15) is 5.10 Å². The van der Waals surface area contributed by atoms with Crippen LogP contribution in [0.25, 0.3) is 0 Å². The number of hydrogen-bond acceptors (Lipinski definition) is 3. The maximum Gasteiger partial charge on any atom is 0.0194 e. The quantitative estimate of drug-likeness (QED) is 0.409. The van der Waals surface area contributed by atoms with Gasteiger partial charge in [-0.25, -0.2) is 10.5 Å². The second kappa shape index (κ2) is 2.67. The summed E-state index contributed by atoms with van der Waals surface area (Å²) >= 11 is 0. The van der Waals surface area contributed by atoms with Crippen LogP contribution in [0.5, 0.6) is 0 Å². The van der Waals surface area contributed by atoms with Gasteiger partial charge < -0.3 is 0 Å². The minimum Gasteiger partial charge on any atom is -0.241 e. The molecule has 8 heavy (non-hydrogen) atoms. The fourth-order valence-electron chi connectivity index (χ4n) is 0.917. The summed E-state index contributed by atoms with van der Waals surface area (Å²) in [6.45, 7) is 5.54. The third kappa shape index (κ3) is 1.20. The molecule has 1 aliphatic heterocycles. The molecule has 1 rings (SSSR count). The third-order valence-electron chi connectivity index (χ3n) is 1.32. The maximum atomic E-state index is 3.54. The zero-order valence-corrected chi connectivity index (χ0v) is 4.93. The first-order valence-corrected chi connectivity index (χ1v) is 2.90. The highest BCUT2D eigenvalue weighted by Gasteiger charge is 2.08. The SMILES string of the molecule is C=NNN1CCCC1. The van der Waals surface area contributed by atoms with Crippen LogP contribution in [-0.4, -0.2) is 24.8 Å². The lowest BCUT2D eigenvalue weighted by atomic mass is 10.4. The van der Waals surface area contributed by atoms with Crippen molar-refractivity contribution in [1.82, 2.24) is 10.5 Å². The van der Waals surface area contributed by atoms with Crippen LogP contribution in [0.15, 0.2) is 5.10 Å². The van der Waals surface area contributed by atoms with Gasteiger partial charge in [0.05, 0.1) is 0 Å². The monoisotopic (exact) mass is 113 g/mol. The van der Waals surface area contributed by atoms with Gasteiger partial charge in [-0.05, 0) is 12.8 Å². The summed E-state index contributed by atoms with van der Waals surface area (Å²) in [5, 5.41) is 5.61. The summed E-state index contributed by atoms with van der Waals surface area (Å²) < 4.78 is 0. The van der Waals surface area contributed by atoms with E-state index in [2.05, 4.69) is 22.4 Å². The van der Waals surface area contributed by atoms with E-state index in [0.717, 1.165) is 13.1 Å². The molecule has 0 aromatic heterocycles. The molecule has 1 saturated heterocycles. The molecular weight excluding hydrogens is 102 g/mol. The maximum absolute atomic E-state index is 3.54. The van der Waals surface area contributed by atoms with Crippen molar-refractivity contribution in [3.05, 3.63) is 0 Å². The van der Waals surface area contributed by atoms with E-state index in [1.165, 1.54) is 12.8 Å². The van der Waals surface area contributed by atoms with Crippen LogP contribution < -0.4 is 5.53 Å². The van der Waals surface area contributed by atoms with Crippen molar-refractivity contribution < 1.29 is 0 Å². The summed E-state index contributed by atoms with van der Waals surface area (Å²) in [6.07, 6.45) is 2.56. The fourth-order valence-corrected chi connectivity index (χ4v) is 0.917. The van der Waals surface area contributed by atoms with Gasteiger partial charge in [0.2, 0.25) is 0 Å². The Bertz CT molecular complexity index is 75.7. The van der Waals surface area contributed by atoms with E-state index < -0.39 is 0 Å². The molecule has 0 bridgehead atoms. The average Bonchev–Trinajstić information content (AvgIpc) is 2.19. The lowest BCUT2D eigenvalue weighted by molar-refractivity contribution is 0.243. The summed E-state index contributed by atoms with van der Waals surface area (Å²) in [6, 6.07) is 0. The van der Waals surface area contributed by atoms with Crippen LogP contribution in [0, 0.1) is 0 Å². The molecule has 1 aliphatic rings. The first-order chi connectivity index (χ1) is 3.93. The summed E-state index contributed by atoms with van der Waals surface area (Å²) in [5.41, 5.74) is 2.79. The van der Waals surface area contributed by atoms with Crippen LogP contribution in [-0.2, 0) is 0 Å². The predicted molar refractivity (Wildman–Crippen MR) is 33.5 cm³/mol. The molecule has 0 saturated carbocycles. The summed E-state index contributed by atoms with van der Waals surface area (Å²) in [5.74, 6) is 0. The molecular formula is C5H11N3. The van der Waals surface area contributed by atoms with E-state index in [-0.39, 0.29) is 0 Å². The number of hydrogen-bond donors (Lipinski definition) is 1. The first kappa shape index (κ1) is 5.56. The molecule has 0 aromatic carbocycles. The van der Waals surface area contributed by atoms with Gasteiger partial charge in [0.1, 0.15) is 0 Å². The van der Waals surface area contributed by atoms with Gasteiger partial charge in [-0.15, -0.1) is 0 Å². The Hall–Kier alpha value is -0.570. The largest absolute Gasteiger partial charge is 0.241 e. The van der Waals surface area contributed by atoms with Crippen molar-refractivity contribution in [2.24, 2.45) is 5.10 Å². The third-order valence-corrected chi connectivity index (χ3v) is 1.32. The van der Waals surface area contributed by atoms with Crippen molar-refractivity contribution in [3.8, 4) is 0 Å².